The minimum atomic E-state index is -0.544. The number of nitrogens with zero attached hydrogens (tertiary/aromatic N) is 3. The lowest BCUT2D eigenvalue weighted by molar-refractivity contribution is -0.115. The lowest BCUT2D eigenvalue weighted by Gasteiger charge is -2.18. The summed E-state index contributed by atoms with van der Waals surface area (Å²) in [7, 11) is 0. The number of carbonyl (C=O) groups excluding carboxylic acids is 1. The highest BCUT2D eigenvalue weighted by Crippen LogP contribution is 2.37. The number of ether oxygens (including phenoxy) is 1. The number of carbonyl (C=O) groups is 1. The highest BCUT2D eigenvalue weighted by molar-refractivity contribution is 8.00. The van der Waals surface area contributed by atoms with Crippen LogP contribution in [0.25, 0.3) is 11.4 Å². The maximum atomic E-state index is 13.5. The van der Waals surface area contributed by atoms with Crippen LogP contribution >= 0.6 is 23.4 Å². The number of benzene rings is 3. The van der Waals surface area contributed by atoms with Gasteiger partial charge in [-0.05, 0) is 43.7 Å². The van der Waals surface area contributed by atoms with Gasteiger partial charge in [0.2, 0.25) is 5.91 Å². The summed E-state index contributed by atoms with van der Waals surface area (Å²) in [6.07, 6.45) is 0. The lowest BCUT2D eigenvalue weighted by atomic mass is 10.1. The summed E-state index contributed by atoms with van der Waals surface area (Å²) in [4.78, 5) is 13.5. The van der Waals surface area contributed by atoms with Crippen molar-refractivity contribution in [3.63, 3.8) is 0 Å². The molecule has 0 aliphatic heterocycles. The van der Waals surface area contributed by atoms with Gasteiger partial charge in [0.15, 0.2) is 11.0 Å². The van der Waals surface area contributed by atoms with Gasteiger partial charge in [0.05, 0.1) is 12.3 Å². The SMILES string of the molecule is CCOc1ccccc1NC(=O)C(Sc1nnc(-c2cccc(Cl)c2)n1CC)c1ccccc1. The number of hydrogen-bond donors (Lipinski definition) is 1. The molecule has 1 amide bonds. The Morgan fingerprint density at radius 1 is 1.03 bits per heavy atom. The number of para-hydroxylation sites is 2. The minimum Gasteiger partial charge on any atom is -0.492 e. The van der Waals surface area contributed by atoms with Crippen molar-refractivity contribution in [2.24, 2.45) is 0 Å². The molecule has 8 heteroatoms. The van der Waals surface area contributed by atoms with Gasteiger partial charge in [-0.2, -0.15) is 0 Å². The average Bonchev–Trinajstić information content (AvgIpc) is 3.27. The second-order valence-corrected chi connectivity index (χ2v) is 8.90. The molecular weight excluding hydrogens is 468 g/mol. The van der Waals surface area contributed by atoms with Crippen molar-refractivity contribution in [1.29, 1.82) is 0 Å². The average molecular weight is 493 g/mol. The molecule has 1 heterocycles. The van der Waals surface area contributed by atoms with E-state index in [-0.39, 0.29) is 5.91 Å². The molecule has 4 rings (SSSR count). The van der Waals surface area contributed by atoms with Gasteiger partial charge in [-0.3, -0.25) is 4.79 Å². The van der Waals surface area contributed by atoms with Crippen LogP contribution < -0.4 is 10.1 Å². The number of anilines is 1. The topological polar surface area (TPSA) is 69.0 Å². The van der Waals surface area contributed by atoms with Gasteiger partial charge >= 0.3 is 0 Å². The van der Waals surface area contributed by atoms with Crippen molar-refractivity contribution in [3.05, 3.63) is 89.4 Å². The zero-order valence-corrected chi connectivity index (χ0v) is 20.5. The van der Waals surface area contributed by atoms with Crippen molar-refractivity contribution in [3.8, 4) is 17.1 Å². The van der Waals surface area contributed by atoms with Gasteiger partial charge in [0.1, 0.15) is 11.0 Å². The quantitative estimate of drug-likeness (QED) is 0.270. The molecule has 0 saturated carbocycles. The summed E-state index contributed by atoms with van der Waals surface area (Å²) in [6.45, 7) is 5.09. The number of amides is 1. The van der Waals surface area contributed by atoms with Crippen LogP contribution in [0.2, 0.25) is 5.02 Å². The Morgan fingerprint density at radius 2 is 1.79 bits per heavy atom. The van der Waals surface area contributed by atoms with Crippen LogP contribution in [0.4, 0.5) is 5.69 Å². The molecule has 1 atom stereocenters. The number of thioether (sulfide) groups is 1. The largest absolute Gasteiger partial charge is 0.492 e. The van der Waals surface area contributed by atoms with Gasteiger partial charge in [0, 0.05) is 17.1 Å². The number of aromatic nitrogens is 3. The van der Waals surface area contributed by atoms with Gasteiger partial charge in [-0.1, -0.05) is 78.0 Å². The van der Waals surface area contributed by atoms with Crippen LogP contribution in [0.15, 0.2) is 84.0 Å². The molecule has 0 spiro atoms. The van der Waals surface area contributed by atoms with Crippen LogP contribution in [0.5, 0.6) is 5.75 Å². The maximum Gasteiger partial charge on any atom is 0.242 e. The molecular formula is C26H25ClN4O2S. The fourth-order valence-corrected chi connectivity index (χ4v) is 4.85. The van der Waals surface area contributed by atoms with Crippen LogP contribution in [-0.2, 0) is 11.3 Å². The van der Waals surface area contributed by atoms with E-state index in [2.05, 4.69) is 15.5 Å². The van der Waals surface area contributed by atoms with Crippen LogP contribution in [-0.4, -0.2) is 27.3 Å². The van der Waals surface area contributed by atoms with Gasteiger partial charge in [-0.15, -0.1) is 10.2 Å². The number of halogens is 1. The molecule has 0 fully saturated rings. The molecule has 6 nitrogen and oxygen atoms in total. The predicted octanol–water partition coefficient (Wildman–Crippen LogP) is 6.49. The third-order valence-corrected chi connectivity index (χ3v) is 6.59. The first-order valence-electron chi connectivity index (χ1n) is 11.0. The van der Waals surface area contributed by atoms with Crippen molar-refractivity contribution >= 4 is 35.0 Å². The van der Waals surface area contributed by atoms with Crippen molar-refractivity contribution in [2.45, 2.75) is 30.8 Å². The van der Waals surface area contributed by atoms with Gasteiger partial charge in [-0.25, -0.2) is 0 Å². The van der Waals surface area contributed by atoms with Crippen LogP contribution in [0, 0.1) is 0 Å². The Balaban J connectivity index is 1.67. The van der Waals surface area contributed by atoms with E-state index in [1.807, 2.05) is 97.3 Å². The van der Waals surface area contributed by atoms with Crippen LogP contribution in [0.1, 0.15) is 24.7 Å². The van der Waals surface area contributed by atoms with E-state index >= 15 is 0 Å². The highest BCUT2D eigenvalue weighted by Gasteiger charge is 2.26. The second-order valence-electron chi connectivity index (χ2n) is 7.39. The Bertz CT molecular complexity index is 1260. The molecule has 4 aromatic rings. The third-order valence-electron chi connectivity index (χ3n) is 5.12. The Morgan fingerprint density at radius 3 is 2.53 bits per heavy atom. The standard InChI is InChI=1S/C26H25ClN4O2S/c1-3-31-24(19-13-10-14-20(27)17-19)29-30-26(31)34-23(18-11-6-5-7-12-18)25(32)28-21-15-8-9-16-22(21)33-4-2/h5-17,23H,3-4H2,1-2H3,(H,28,32). The summed E-state index contributed by atoms with van der Waals surface area (Å²) in [6, 6.07) is 24.6. The first kappa shape index (κ1) is 23.9. The number of nitrogens with one attached hydrogen (secondary N) is 1. The summed E-state index contributed by atoms with van der Waals surface area (Å²) >= 11 is 7.55. The summed E-state index contributed by atoms with van der Waals surface area (Å²) in [5.41, 5.74) is 2.38. The predicted molar refractivity (Wildman–Crippen MR) is 137 cm³/mol. The van der Waals surface area contributed by atoms with Crippen molar-refractivity contribution < 1.29 is 9.53 Å². The monoisotopic (exact) mass is 492 g/mol. The summed E-state index contributed by atoms with van der Waals surface area (Å²) < 4.78 is 7.68. The van der Waals surface area contributed by atoms with E-state index in [1.165, 1.54) is 11.8 Å². The van der Waals surface area contributed by atoms with E-state index in [0.717, 1.165) is 11.1 Å². The van der Waals surface area contributed by atoms with E-state index in [9.17, 15) is 4.79 Å². The van der Waals surface area contributed by atoms with Crippen molar-refractivity contribution in [1.82, 2.24) is 14.8 Å². The first-order chi connectivity index (χ1) is 16.6. The smallest absolute Gasteiger partial charge is 0.242 e. The highest BCUT2D eigenvalue weighted by atomic mass is 35.5. The molecule has 1 N–H and O–H groups in total. The minimum absolute atomic E-state index is 0.168. The zero-order chi connectivity index (χ0) is 23.9. The molecule has 0 aliphatic carbocycles. The molecule has 34 heavy (non-hydrogen) atoms. The molecule has 174 valence electrons. The van der Waals surface area contributed by atoms with Crippen LogP contribution in [0.3, 0.4) is 0 Å². The van der Waals surface area contributed by atoms with Crippen molar-refractivity contribution in [2.75, 3.05) is 11.9 Å². The fourth-order valence-electron chi connectivity index (χ4n) is 3.56. The molecule has 0 bridgehead atoms. The van der Waals surface area contributed by atoms with E-state index < -0.39 is 5.25 Å². The molecule has 1 unspecified atom stereocenters. The fraction of sp³-hybridized carbons (Fsp3) is 0.192. The molecule has 0 radical (unpaired) electrons. The number of rotatable bonds is 9. The first-order valence-corrected chi connectivity index (χ1v) is 12.3. The summed E-state index contributed by atoms with van der Waals surface area (Å²) in [5, 5.41) is 12.6. The number of hydrogen-bond acceptors (Lipinski definition) is 5. The van der Waals surface area contributed by atoms with Gasteiger partial charge in [0.25, 0.3) is 0 Å². The normalized spacial score (nSPS) is 11.7. The van der Waals surface area contributed by atoms with E-state index in [0.29, 0.717) is 40.6 Å². The second kappa shape index (κ2) is 11.2. The van der Waals surface area contributed by atoms with E-state index in [4.69, 9.17) is 16.3 Å². The molecule has 0 saturated heterocycles. The molecule has 3 aromatic carbocycles. The van der Waals surface area contributed by atoms with E-state index in [1.54, 1.807) is 0 Å². The maximum absolute atomic E-state index is 13.5. The Hall–Kier alpha value is -3.29. The van der Waals surface area contributed by atoms with Gasteiger partial charge < -0.3 is 14.6 Å². The zero-order valence-electron chi connectivity index (χ0n) is 18.9. The molecule has 1 aromatic heterocycles. The summed E-state index contributed by atoms with van der Waals surface area (Å²) in [5.74, 6) is 1.18. The lowest BCUT2D eigenvalue weighted by Crippen LogP contribution is -2.20. The Labute approximate surface area is 208 Å². The third kappa shape index (κ3) is 5.43. The molecule has 0 aliphatic rings. The Kier molecular flexibility index (Phi) is 7.87.